The Labute approximate surface area is 192 Å². The number of rotatable bonds is 9. The van der Waals surface area contributed by atoms with Gasteiger partial charge in [0.2, 0.25) is 5.91 Å². The minimum Gasteiger partial charge on any atom is -0.383 e. The molecule has 6 heteroatoms. The maximum Gasteiger partial charge on any atom is 0.274 e. The third-order valence-electron chi connectivity index (χ3n) is 5.70. The molecule has 0 aliphatic carbocycles. The minimum atomic E-state index is -0.161. The molecule has 0 aliphatic rings. The van der Waals surface area contributed by atoms with Crippen molar-refractivity contribution >= 4 is 16.7 Å². The highest BCUT2D eigenvalue weighted by Crippen LogP contribution is 2.27. The molecule has 0 bridgehead atoms. The number of carbonyl (C=O) groups is 1. The first-order chi connectivity index (χ1) is 16.2. The van der Waals surface area contributed by atoms with Crippen molar-refractivity contribution in [1.82, 2.24) is 15.1 Å². The topological polar surface area (TPSA) is 73.2 Å². The summed E-state index contributed by atoms with van der Waals surface area (Å²) in [6.07, 6.45) is 0.315. The van der Waals surface area contributed by atoms with Gasteiger partial charge in [0.25, 0.3) is 5.56 Å². The van der Waals surface area contributed by atoms with Crippen molar-refractivity contribution < 1.29 is 9.53 Å². The first kappa shape index (κ1) is 22.4. The van der Waals surface area contributed by atoms with Gasteiger partial charge >= 0.3 is 0 Å². The molecule has 0 fully saturated rings. The average Bonchev–Trinajstić information content (AvgIpc) is 2.87. The van der Waals surface area contributed by atoms with Gasteiger partial charge in [0.05, 0.1) is 30.8 Å². The Hall–Kier alpha value is -3.77. The quantitative estimate of drug-likeness (QED) is 0.428. The number of hydrogen-bond donors (Lipinski definition) is 1. The van der Waals surface area contributed by atoms with E-state index < -0.39 is 0 Å². The number of fused-ring (bicyclic) bond motifs is 1. The summed E-state index contributed by atoms with van der Waals surface area (Å²) in [7, 11) is 1.59. The zero-order chi connectivity index (χ0) is 23.0. The van der Waals surface area contributed by atoms with Gasteiger partial charge in [-0.15, -0.1) is 0 Å². The Morgan fingerprint density at radius 1 is 0.909 bits per heavy atom. The van der Waals surface area contributed by atoms with E-state index in [0.29, 0.717) is 30.7 Å². The van der Waals surface area contributed by atoms with E-state index in [0.717, 1.165) is 16.5 Å². The molecule has 33 heavy (non-hydrogen) atoms. The number of ether oxygens (including phenoxy) is 1. The van der Waals surface area contributed by atoms with Crippen LogP contribution in [0.25, 0.3) is 10.8 Å². The molecule has 1 heterocycles. The maximum absolute atomic E-state index is 13.0. The zero-order valence-corrected chi connectivity index (χ0v) is 18.6. The van der Waals surface area contributed by atoms with Crippen molar-refractivity contribution in [2.75, 3.05) is 13.7 Å². The van der Waals surface area contributed by atoms with E-state index in [4.69, 9.17) is 4.74 Å². The lowest BCUT2D eigenvalue weighted by Gasteiger charge is -2.18. The molecule has 0 aliphatic heterocycles. The van der Waals surface area contributed by atoms with Crippen LogP contribution in [0.15, 0.2) is 89.7 Å². The number of nitrogens with zero attached hydrogens (tertiary/aromatic N) is 2. The van der Waals surface area contributed by atoms with Crippen molar-refractivity contribution in [3.63, 3.8) is 0 Å². The number of amides is 1. The Morgan fingerprint density at radius 3 is 2.09 bits per heavy atom. The van der Waals surface area contributed by atoms with Crippen LogP contribution < -0.4 is 10.9 Å². The summed E-state index contributed by atoms with van der Waals surface area (Å²) >= 11 is 0. The first-order valence-electron chi connectivity index (χ1n) is 11.0. The summed E-state index contributed by atoms with van der Waals surface area (Å²) in [5.74, 6) is -0.124. The van der Waals surface area contributed by atoms with Crippen molar-refractivity contribution in [1.29, 1.82) is 0 Å². The highest BCUT2D eigenvalue weighted by Gasteiger charge is 2.19. The van der Waals surface area contributed by atoms with Gasteiger partial charge < -0.3 is 10.1 Å². The predicted octanol–water partition coefficient (Wildman–Crippen LogP) is 3.88. The SMILES string of the molecule is COCCn1nc(CNC(=O)CC(c2ccccc2)c2ccccc2)c2ccccc2c1=O. The maximum atomic E-state index is 13.0. The van der Waals surface area contributed by atoms with E-state index >= 15 is 0 Å². The van der Waals surface area contributed by atoms with E-state index in [9.17, 15) is 9.59 Å². The van der Waals surface area contributed by atoms with Crippen molar-refractivity contribution in [3.8, 4) is 0 Å². The molecular formula is C27H27N3O3. The third kappa shape index (κ3) is 5.35. The fraction of sp³-hybridized carbons (Fsp3) is 0.222. The Balaban J connectivity index is 1.55. The lowest BCUT2D eigenvalue weighted by atomic mass is 9.88. The molecule has 4 rings (SSSR count). The average molecular weight is 442 g/mol. The number of carbonyl (C=O) groups excluding carboxylic acids is 1. The lowest BCUT2D eigenvalue weighted by Crippen LogP contribution is -2.30. The number of nitrogens with one attached hydrogen (secondary N) is 1. The summed E-state index contributed by atoms with van der Waals surface area (Å²) in [6.45, 7) is 0.973. The second-order valence-electron chi connectivity index (χ2n) is 7.87. The van der Waals surface area contributed by atoms with E-state index in [-0.39, 0.29) is 23.9 Å². The molecule has 1 amide bonds. The van der Waals surface area contributed by atoms with Crippen LogP contribution in [0.4, 0.5) is 0 Å². The number of hydrogen-bond acceptors (Lipinski definition) is 4. The summed E-state index contributed by atoms with van der Waals surface area (Å²) in [4.78, 5) is 25.7. The summed E-state index contributed by atoms with van der Waals surface area (Å²) in [5, 5.41) is 8.86. The molecule has 3 aromatic carbocycles. The summed E-state index contributed by atoms with van der Waals surface area (Å²) in [6, 6.07) is 27.4. The predicted molar refractivity (Wildman–Crippen MR) is 129 cm³/mol. The van der Waals surface area contributed by atoms with Gasteiger partial charge in [-0.05, 0) is 17.2 Å². The smallest absolute Gasteiger partial charge is 0.274 e. The van der Waals surface area contributed by atoms with Gasteiger partial charge in [-0.3, -0.25) is 9.59 Å². The Kier molecular flexibility index (Phi) is 7.27. The molecule has 4 aromatic rings. The van der Waals surface area contributed by atoms with Crippen LogP contribution in [0.5, 0.6) is 0 Å². The highest BCUT2D eigenvalue weighted by molar-refractivity contribution is 5.84. The van der Waals surface area contributed by atoms with Crippen LogP contribution in [0, 0.1) is 0 Å². The van der Waals surface area contributed by atoms with Crippen LogP contribution in [0.3, 0.4) is 0 Å². The van der Waals surface area contributed by atoms with Gasteiger partial charge in [-0.1, -0.05) is 78.9 Å². The fourth-order valence-electron chi connectivity index (χ4n) is 4.00. The molecule has 0 unspecified atom stereocenters. The Bertz CT molecular complexity index is 1230. The summed E-state index contributed by atoms with van der Waals surface area (Å²) in [5.41, 5.74) is 2.68. The summed E-state index contributed by atoms with van der Waals surface area (Å²) < 4.78 is 6.52. The van der Waals surface area contributed by atoms with Crippen molar-refractivity contribution in [3.05, 3.63) is 112 Å². The van der Waals surface area contributed by atoms with Crippen LogP contribution in [-0.2, 0) is 22.6 Å². The van der Waals surface area contributed by atoms with Gasteiger partial charge in [-0.2, -0.15) is 5.10 Å². The highest BCUT2D eigenvalue weighted by atomic mass is 16.5. The number of aromatic nitrogens is 2. The number of benzene rings is 3. The van der Waals surface area contributed by atoms with Crippen molar-refractivity contribution in [2.45, 2.75) is 25.4 Å². The molecule has 0 saturated heterocycles. The second kappa shape index (κ2) is 10.7. The van der Waals surface area contributed by atoms with Crippen LogP contribution in [0.1, 0.15) is 29.2 Å². The zero-order valence-electron chi connectivity index (χ0n) is 18.6. The van der Waals surface area contributed by atoms with Gasteiger partial charge in [0.1, 0.15) is 0 Å². The molecular weight excluding hydrogens is 414 g/mol. The van der Waals surface area contributed by atoms with Crippen molar-refractivity contribution in [2.24, 2.45) is 0 Å². The molecule has 0 radical (unpaired) electrons. The second-order valence-corrected chi connectivity index (χ2v) is 7.87. The minimum absolute atomic E-state index is 0.0484. The standard InChI is InChI=1S/C27H27N3O3/c1-33-17-16-30-27(32)23-15-9-8-14-22(23)25(29-30)19-28-26(31)18-24(20-10-4-2-5-11-20)21-12-6-3-7-13-21/h2-15,24H,16-19H2,1H3,(H,28,31). The molecule has 168 valence electrons. The van der Waals surface area contributed by atoms with Gasteiger partial charge in [-0.25, -0.2) is 4.68 Å². The molecule has 0 spiro atoms. The van der Waals surface area contributed by atoms with Gasteiger partial charge in [0.15, 0.2) is 0 Å². The van der Waals surface area contributed by atoms with Crippen LogP contribution >= 0.6 is 0 Å². The van der Waals surface area contributed by atoms with E-state index in [1.807, 2.05) is 78.9 Å². The molecule has 0 atom stereocenters. The number of methoxy groups -OCH3 is 1. The first-order valence-corrected chi connectivity index (χ1v) is 11.0. The van der Waals surface area contributed by atoms with Gasteiger partial charge in [0, 0.05) is 24.8 Å². The third-order valence-corrected chi connectivity index (χ3v) is 5.70. The fourth-order valence-corrected chi connectivity index (χ4v) is 4.00. The van der Waals surface area contributed by atoms with Crippen LogP contribution in [-0.4, -0.2) is 29.4 Å². The molecule has 0 saturated carbocycles. The van der Waals surface area contributed by atoms with E-state index in [1.54, 1.807) is 13.2 Å². The molecule has 1 N–H and O–H groups in total. The van der Waals surface area contributed by atoms with E-state index in [2.05, 4.69) is 10.4 Å². The Morgan fingerprint density at radius 2 is 1.48 bits per heavy atom. The lowest BCUT2D eigenvalue weighted by molar-refractivity contribution is -0.121. The van der Waals surface area contributed by atoms with E-state index in [1.165, 1.54) is 4.68 Å². The molecule has 6 nitrogen and oxygen atoms in total. The largest absolute Gasteiger partial charge is 0.383 e. The molecule has 1 aromatic heterocycles. The normalized spacial score (nSPS) is 11.1. The monoisotopic (exact) mass is 441 g/mol. The van der Waals surface area contributed by atoms with Crippen LogP contribution in [0.2, 0.25) is 0 Å².